The minimum absolute atomic E-state index is 0.288. The summed E-state index contributed by atoms with van der Waals surface area (Å²) in [4.78, 5) is 0.311. The lowest BCUT2D eigenvalue weighted by Gasteiger charge is -2.25. The van der Waals surface area contributed by atoms with Crippen LogP contribution in [-0.2, 0) is 23.0 Å². The molecule has 100 valence electrons. The fraction of sp³-hybridized carbons (Fsp3) is 0.250. The van der Waals surface area contributed by atoms with Crippen molar-refractivity contribution < 1.29 is 8.42 Å². The van der Waals surface area contributed by atoms with E-state index in [4.69, 9.17) is 5.73 Å². The fourth-order valence-electron chi connectivity index (χ4n) is 2.27. The number of hydrogen-bond donors (Lipinski definition) is 2. The number of H-pyrrole nitrogens is 1. The van der Waals surface area contributed by atoms with Crippen LogP contribution in [0.2, 0.25) is 0 Å². The molecule has 0 saturated carbocycles. The lowest BCUT2D eigenvalue weighted by Crippen LogP contribution is -2.36. The molecular formula is C12H14N4O2S. The molecule has 3 rings (SSSR count). The predicted octanol–water partition coefficient (Wildman–Crippen LogP) is 0.739. The van der Waals surface area contributed by atoms with Crippen LogP contribution in [-0.4, -0.2) is 29.5 Å². The highest BCUT2D eigenvalue weighted by molar-refractivity contribution is 7.89. The molecule has 0 saturated heterocycles. The Morgan fingerprint density at radius 3 is 2.74 bits per heavy atom. The van der Waals surface area contributed by atoms with Crippen molar-refractivity contribution in [3.8, 4) is 0 Å². The zero-order valence-corrected chi connectivity index (χ0v) is 11.0. The Morgan fingerprint density at radius 1 is 1.26 bits per heavy atom. The Kier molecular flexibility index (Phi) is 2.79. The van der Waals surface area contributed by atoms with E-state index in [0.717, 1.165) is 11.3 Å². The van der Waals surface area contributed by atoms with Gasteiger partial charge in [-0.1, -0.05) is 18.2 Å². The SMILES string of the molecule is Nc1n[nH]c2c1CCN(S(=O)(=O)c1ccccc1)C2. The summed E-state index contributed by atoms with van der Waals surface area (Å²) in [5.74, 6) is 0.465. The van der Waals surface area contributed by atoms with Crippen LogP contribution in [0, 0.1) is 0 Å². The van der Waals surface area contributed by atoms with Gasteiger partial charge in [-0.3, -0.25) is 5.10 Å². The molecule has 1 aromatic heterocycles. The minimum Gasteiger partial charge on any atom is -0.382 e. The molecule has 0 atom stereocenters. The monoisotopic (exact) mass is 278 g/mol. The fourth-order valence-corrected chi connectivity index (χ4v) is 3.70. The molecule has 19 heavy (non-hydrogen) atoms. The van der Waals surface area contributed by atoms with Crippen LogP contribution in [0.1, 0.15) is 11.3 Å². The van der Waals surface area contributed by atoms with Gasteiger partial charge < -0.3 is 5.73 Å². The first-order valence-electron chi connectivity index (χ1n) is 5.96. The van der Waals surface area contributed by atoms with Crippen molar-refractivity contribution in [2.45, 2.75) is 17.9 Å². The molecular weight excluding hydrogens is 264 g/mol. The first-order valence-corrected chi connectivity index (χ1v) is 7.40. The number of hydrogen-bond acceptors (Lipinski definition) is 4. The van der Waals surface area contributed by atoms with E-state index in [1.54, 1.807) is 30.3 Å². The molecule has 2 heterocycles. The first kappa shape index (κ1) is 12.2. The Morgan fingerprint density at radius 2 is 2.00 bits per heavy atom. The number of nitrogens with one attached hydrogen (secondary N) is 1. The van der Waals surface area contributed by atoms with Crippen molar-refractivity contribution >= 4 is 15.8 Å². The highest BCUT2D eigenvalue weighted by atomic mass is 32.2. The number of aromatic nitrogens is 2. The first-order chi connectivity index (χ1) is 9.09. The summed E-state index contributed by atoms with van der Waals surface area (Å²) in [5.41, 5.74) is 7.43. The van der Waals surface area contributed by atoms with Crippen LogP contribution in [0.4, 0.5) is 5.82 Å². The molecule has 0 spiro atoms. The third kappa shape index (κ3) is 2.00. The standard InChI is InChI=1S/C12H14N4O2S/c13-12-10-6-7-16(8-11(10)14-15-12)19(17,18)9-4-2-1-3-5-9/h1-5H,6-8H2,(H3,13,14,15). The summed E-state index contributed by atoms with van der Waals surface area (Å²) in [6.45, 7) is 0.713. The summed E-state index contributed by atoms with van der Waals surface area (Å²) < 4.78 is 26.4. The van der Waals surface area contributed by atoms with Crippen LogP contribution in [0.5, 0.6) is 0 Å². The van der Waals surface area contributed by atoms with E-state index in [-0.39, 0.29) is 6.54 Å². The van der Waals surface area contributed by atoms with Crippen molar-refractivity contribution in [2.75, 3.05) is 12.3 Å². The highest BCUT2D eigenvalue weighted by Gasteiger charge is 2.30. The molecule has 0 bridgehead atoms. The van der Waals surface area contributed by atoms with Gasteiger partial charge in [0, 0.05) is 12.1 Å². The molecule has 7 heteroatoms. The van der Waals surface area contributed by atoms with Gasteiger partial charge in [-0.2, -0.15) is 9.40 Å². The molecule has 1 aliphatic rings. The van der Waals surface area contributed by atoms with Crippen LogP contribution < -0.4 is 5.73 Å². The number of nitrogens with zero attached hydrogens (tertiary/aromatic N) is 2. The second kappa shape index (κ2) is 4.36. The van der Waals surface area contributed by atoms with Gasteiger partial charge in [-0.05, 0) is 18.6 Å². The number of nitrogens with two attached hydrogens (primary N) is 1. The maximum atomic E-state index is 12.5. The van der Waals surface area contributed by atoms with E-state index in [9.17, 15) is 8.42 Å². The minimum atomic E-state index is -3.45. The quantitative estimate of drug-likeness (QED) is 0.847. The molecule has 3 N–H and O–H groups in total. The Balaban J connectivity index is 1.93. The van der Waals surface area contributed by atoms with Gasteiger partial charge in [0.2, 0.25) is 10.0 Å². The van der Waals surface area contributed by atoms with E-state index < -0.39 is 10.0 Å². The van der Waals surface area contributed by atoms with E-state index >= 15 is 0 Å². The average molecular weight is 278 g/mol. The summed E-state index contributed by atoms with van der Waals surface area (Å²) in [7, 11) is -3.45. The van der Waals surface area contributed by atoms with Crippen LogP contribution >= 0.6 is 0 Å². The molecule has 1 aromatic carbocycles. The highest BCUT2D eigenvalue weighted by Crippen LogP contribution is 2.26. The summed E-state index contributed by atoms with van der Waals surface area (Å²) in [5, 5.41) is 6.72. The van der Waals surface area contributed by atoms with Gasteiger partial charge >= 0.3 is 0 Å². The number of fused-ring (bicyclic) bond motifs is 1. The lowest BCUT2D eigenvalue weighted by molar-refractivity contribution is 0.387. The maximum Gasteiger partial charge on any atom is 0.243 e. The Labute approximate surface area is 111 Å². The summed E-state index contributed by atoms with van der Waals surface area (Å²) in [6, 6.07) is 8.44. The maximum absolute atomic E-state index is 12.5. The number of nitrogen functional groups attached to an aromatic ring is 1. The van der Waals surface area contributed by atoms with Crippen molar-refractivity contribution in [1.82, 2.24) is 14.5 Å². The van der Waals surface area contributed by atoms with E-state index in [2.05, 4.69) is 10.2 Å². The van der Waals surface area contributed by atoms with Crippen molar-refractivity contribution in [3.63, 3.8) is 0 Å². The molecule has 2 aromatic rings. The second-order valence-electron chi connectivity index (χ2n) is 4.47. The molecule has 0 amide bonds. The van der Waals surface area contributed by atoms with Crippen LogP contribution in [0.25, 0.3) is 0 Å². The van der Waals surface area contributed by atoms with Gasteiger partial charge in [-0.15, -0.1) is 0 Å². The van der Waals surface area contributed by atoms with Gasteiger partial charge in [-0.25, -0.2) is 8.42 Å². The number of anilines is 1. The molecule has 1 aliphatic heterocycles. The topological polar surface area (TPSA) is 92.1 Å². The van der Waals surface area contributed by atoms with E-state index in [1.165, 1.54) is 4.31 Å². The lowest BCUT2D eigenvalue weighted by atomic mass is 10.1. The zero-order chi connectivity index (χ0) is 13.5. The van der Waals surface area contributed by atoms with Gasteiger partial charge in [0.25, 0.3) is 0 Å². The molecule has 0 unspecified atom stereocenters. The average Bonchev–Trinajstić information content (AvgIpc) is 2.81. The summed E-state index contributed by atoms with van der Waals surface area (Å²) >= 11 is 0. The third-order valence-corrected chi connectivity index (χ3v) is 5.17. The van der Waals surface area contributed by atoms with Crippen LogP contribution in [0.3, 0.4) is 0 Å². The molecule has 0 radical (unpaired) electrons. The number of sulfonamides is 1. The number of rotatable bonds is 2. The zero-order valence-electron chi connectivity index (χ0n) is 10.2. The third-order valence-electron chi connectivity index (χ3n) is 3.31. The van der Waals surface area contributed by atoms with Crippen molar-refractivity contribution in [3.05, 3.63) is 41.6 Å². The van der Waals surface area contributed by atoms with E-state index in [0.29, 0.717) is 23.7 Å². The Hall–Kier alpha value is -1.86. The molecule has 0 aliphatic carbocycles. The van der Waals surface area contributed by atoms with Gasteiger partial charge in [0.05, 0.1) is 17.1 Å². The van der Waals surface area contributed by atoms with E-state index in [1.807, 2.05) is 0 Å². The van der Waals surface area contributed by atoms with Crippen LogP contribution in [0.15, 0.2) is 35.2 Å². The van der Waals surface area contributed by atoms with Gasteiger partial charge in [0.1, 0.15) is 5.82 Å². The van der Waals surface area contributed by atoms with Gasteiger partial charge in [0.15, 0.2) is 0 Å². The second-order valence-corrected chi connectivity index (χ2v) is 6.41. The predicted molar refractivity (Wildman–Crippen MR) is 70.7 cm³/mol. The smallest absolute Gasteiger partial charge is 0.243 e. The Bertz CT molecular complexity index is 694. The number of benzene rings is 1. The largest absolute Gasteiger partial charge is 0.382 e. The molecule has 0 fully saturated rings. The van der Waals surface area contributed by atoms with Crippen molar-refractivity contribution in [2.24, 2.45) is 0 Å². The normalized spacial score (nSPS) is 16.2. The number of aromatic amines is 1. The summed E-state index contributed by atoms with van der Waals surface area (Å²) in [6.07, 6.45) is 0.587. The van der Waals surface area contributed by atoms with Crippen molar-refractivity contribution in [1.29, 1.82) is 0 Å². The molecule has 6 nitrogen and oxygen atoms in total.